The lowest BCUT2D eigenvalue weighted by Gasteiger charge is -2.09. The van der Waals surface area contributed by atoms with Gasteiger partial charge in [0.05, 0.1) is 26.4 Å². The van der Waals surface area contributed by atoms with Gasteiger partial charge >= 0.3 is 0 Å². The molecule has 8 nitrogen and oxygen atoms in total. The van der Waals surface area contributed by atoms with Crippen molar-refractivity contribution in [1.82, 2.24) is 10.1 Å². The summed E-state index contributed by atoms with van der Waals surface area (Å²) in [4.78, 5) is 4.50. The van der Waals surface area contributed by atoms with Crippen LogP contribution >= 0.6 is 0 Å². The van der Waals surface area contributed by atoms with Crippen LogP contribution in [0.2, 0.25) is 0 Å². The second-order valence-electron chi connectivity index (χ2n) is 6.41. The number of nitrogens with zero attached hydrogens (tertiary/aromatic N) is 2. The van der Waals surface area contributed by atoms with Crippen molar-refractivity contribution in [3.05, 3.63) is 48.2 Å². The Labute approximate surface area is 166 Å². The maximum atomic E-state index is 9.21. The minimum Gasteiger partial charge on any atom is -0.493 e. The summed E-state index contributed by atoms with van der Waals surface area (Å²) in [6.45, 7) is 2.23. The maximum absolute atomic E-state index is 9.21. The van der Waals surface area contributed by atoms with Crippen molar-refractivity contribution in [3.8, 4) is 34.3 Å². The van der Waals surface area contributed by atoms with Gasteiger partial charge in [0, 0.05) is 16.5 Å². The van der Waals surface area contributed by atoms with Crippen LogP contribution in [0, 0.1) is 0 Å². The number of furan rings is 1. The van der Waals surface area contributed by atoms with Crippen LogP contribution in [-0.2, 0) is 0 Å². The van der Waals surface area contributed by atoms with Gasteiger partial charge in [0.25, 0.3) is 5.89 Å². The fourth-order valence-corrected chi connectivity index (χ4v) is 3.01. The molecule has 0 bridgehead atoms. The minimum absolute atomic E-state index is 0.188. The van der Waals surface area contributed by atoms with Gasteiger partial charge in [0.1, 0.15) is 11.3 Å². The number of aliphatic hydroxyl groups excluding tert-OH is 1. The molecule has 29 heavy (non-hydrogen) atoms. The Kier molecular flexibility index (Phi) is 5.20. The molecule has 0 aliphatic heterocycles. The highest BCUT2D eigenvalue weighted by Crippen LogP contribution is 2.33. The highest BCUT2D eigenvalue weighted by atomic mass is 16.5. The lowest BCUT2D eigenvalue weighted by atomic mass is 10.1. The molecule has 2 aromatic heterocycles. The molecular weight excluding hydrogens is 374 g/mol. The van der Waals surface area contributed by atoms with Crippen LogP contribution < -0.4 is 15.2 Å². The average Bonchev–Trinajstić information content (AvgIpc) is 3.40. The Bertz CT molecular complexity index is 1130. The van der Waals surface area contributed by atoms with E-state index in [1.54, 1.807) is 25.3 Å². The highest BCUT2D eigenvalue weighted by Gasteiger charge is 2.16. The normalized spacial score (nSPS) is 12.3. The number of ether oxygens (including phenoxy) is 2. The number of aromatic nitrogens is 2. The fourth-order valence-electron chi connectivity index (χ4n) is 3.01. The molecule has 0 saturated carbocycles. The molecule has 3 N–H and O–H groups in total. The molecule has 4 aromatic rings. The van der Waals surface area contributed by atoms with E-state index >= 15 is 0 Å². The zero-order valence-corrected chi connectivity index (χ0v) is 16.1. The second-order valence-corrected chi connectivity index (χ2v) is 6.41. The van der Waals surface area contributed by atoms with E-state index in [9.17, 15) is 5.11 Å². The fraction of sp³-hybridized carbons (Fsp3) is 0.238. The molecule has 0 radical (unpaired) electrons. The SMILES string of the molecule is CCOc1cc(-c2nc(-c3ccc4oc(C(N)CO)cc4c3)no2)ccc1OC. The number of hydrogen-bond donors (Lipinski definition) is 2. The highest BCUT2D eigenvalue weighted by molar-refractivity contribution is 5.83. The molecule has 1 atom stereocenters. The summed E-state index contributed by atoms with van der Waals surface area (Å²) in [7, 11) is 1.59. The summed E-state index contributed by atoms with van der Waals surface area (Å²) in [6, 6.07) is 12.2. The second kappa shape index (κ2) is 7.94. The predicted molar refractivity (Wildman–Crippen MR) is 107 cm³/mol. The first-order valence-corrected chi connectivity index (χ1v) is 9.18. The predicted octanol–water partition coefficient (Wildman–Crippen LogP) is 3.55. The summed E-state index contributed by atoms with van der Waals surface area (Å²) >= 11 is 0. The van der Waals surface area contributed by atoms with E-state index < -0.39 is 6.04 Å². The van der Waals surface area contributed by atoms with E-state index in [-0.39, 0.29) is 6.61 Å². The first kappa shape index (κ1) is 19.0. The van der Waals surface area contributed by atoms with E-state index in [0.717, 1.165) is 16.5 Å². The quantitative estimate of drug-likeness (QED) is 0.488. The van der Waals surface area contributed by atoms with E-state index in [2.05, 4.69) is 10.1 Å². The number of rotatable bonds is 7. The summed E-state index contributed by atoms with van der Waals surface area (Å²) in [5.74, 6) is 2.59. The van der Waals surface area contributed by atoms with Crippen molar-refractivity contribution in [1.29, 1.82) is 0 Å². The molecule has 2 heterocycles. The Morgan fingerprint density at radius 3 is 2.69 bits per heavy atom. The van der Waals surface area contributed by atoms with Crippen molar-refractivity contribution in [2.45, 2.75) is 13.0 Å². The summed E-state index contributed by atoms with van der Waals surface area (Å²) in [5, 5.41) is 14.1. The number of hydrogen-bond acceptors (Lipinski definition) is 8. The molecule has 0 fully saturated rings. The number of benzene rings is 2. The van der Waals surface area contributed by atoms with E-state index in [1.165, 1.54) is 0 Å². The standard InChI is InChI=1S/C21H21N3O5/c1-3-27-19-9-13(5-7-17(19)26-2)21-23-20(24-29-21)12-4-6-16-14(8-12)10-18(28-16)15(22)11-25/h4-10,15,25H,3,11,22H2,1-2H3. The number of aliphatic hydroxyl groups is 1. The van der Waals surface area contributed by atoms with Gasteiger partial charge in [-0.15, -0.1) is 0 Å². The van der Waals surface area contributed by atoms with Crippen molar-refractivity contribution in [2.75, 3.05) is 20.3 Å². The molecule has 0 aliphatic rings. The third kappa shape index (κ3) is 3.67. The van der Waals surface area contributed by atoms with Crippen molar-refractivity contribution < 1.29 is 23.5 Å². The number of fused-ring (bicyclic) bond motifs is 1. The van der Waals surface area contributed by atoms with Crippen LogP contribution in [0.5, 0.6) is 11.5 Å². The Hall–Kier alpha value is -3.36. The van der Waals surface area contributed by atoms with Crippen LogP contribution in [0.4, 0.5) is 0 Å². The van der Waals surface area contributed by atoms with Crippen molar-refractivity contribution >= 4 is 11.0 Å². The first-order chi connectivity index (χ1) is 14.1. The number of nitrogens with two attached hydrogens (primary N) is 1. The Morgan fingerprint density at radius 2 is 1.93 bits per heavy atom. The van der Waals surface area contributed by atoms with Crippen LogP contribution in [-0.4, -0.2) is 35.6 Å². The molecule has 2 aromatic carbocycles. The summed E-state index contributed by atoms with van der Waals surface area (Å²) < 4.78 is 22.0. The molecule has 8 heteroatoms. The zero-order valence-electron chi connectivity index (χ0n) is 16.1. The first-order valence-electron chi connectivity index (χ1n) is 9.18. The summed E-state index contributed by atoms with van der Waals surface area (Å²) in [6.07, 6.45) is 0. The Balaban J connectivity index is 1.66. The molecule has 4 rings (SSSR count). The van der Waals surface area contributed by atoms with Gasteiger partial charge in [-0.1, -0.05) is 5.16 Å². The molecule has 0 saturated heterocycles. The average molecular weight is 395 g/mol. The topological polar surface area (TPSA) is 117 Å². The minimum atomic E-state index is -0.558. The third-order valence-corrected chi connectivity index (χ3v) is 4.49. The number of methoxy groups -OCH3 is 1. The third-order valence-electron chi connectivity index (χ3n) is 4.49. The van der Waals surface area contributed by atoms with Gasteiger partial charge in [-0.05, 0) is 49.4 Å². The van der Waals surface area contributed by atoms with Crippen LogP contribution in [0.25, 0.3) is 33.8 Å². The molecule has 150 valence electrons. The lowest BCUT2D eigenvalue weighted by Crippen LogP contribution is -2.13. The monoisotopic (exact) mass is 395 g/mol. The van der Waals surface area contributed by atoms with Gasteiger partial charge in [-0.2, -0.15) is 4.98 Å². The molecule has 0 amide bonds. The van der Waals surface area contributed by atoms with Crippen LogP contribution in [0.15, 0.2) is 51.4 Å². The smallest absolute Gasteiger partial charge is 0.258 e. The Morgan fingerprint density at radius 1 is 1.10 bits per heavy atom. The van der Waals surface area contributed by atoms with Gasteiger partial charge in [0.2, 0.25) is 5.82 Å². The van der Waals surface area contributed by atoms with Crippen molar-refractivity contribution in [2.24, 2.45) is 5.73 Å². The molecule has 0 spiro atoms. The van der Waals surface area contributed by atoms with Gasteiger partial charge in [-0.3, -0.25) is 0 Å². The molecular formula is C21H21N3O5. The van der Waals surface area contributed by atoms with E-state index in [0.29, 0.717) is 41.2 Å². The zero-order chi connectivity index (χ0) is 20.4. The van der Waals surface area contributed by atoms with Crippen LogP contribution in [0.3, 0.4) is 0 Å². The maximum Gasteiger partial charge on any atom is 0.258 e. The van der Waals surface area contributed by atoms with Crippen molar-refractivity contribution in [3.63, 3.8) is 0 Å². The molecule has 0 aliphatic carbocycles. The lowest BCUT2D eigenvalue weighted by molar-refractivity contribution is 0.254. The van der Waals surface area contributed by atoms with Gasteiger partial charge in [0.15, 0.2) is 11.5 Å². The van der Waals surface area contributed by atoms with Crippen LogP contribution in [0.1, 0.15) is 18.7 Å². The summed E-state index contributed by atoms with van der Waals surface area (Å²) in [5.41, 5.74) is 8.00. The van der Waals surface area contributed by atoms with Gasteiger partial charge in [-0.25, -0.2) is 0 Å². The molecule has 1 unspecified atom stereocenters. The largest absolute Gasteiger partial charge is 0.493 e. The van der Waals surface area contributed by atoms with E-state index in [4.69, 9.17) is 24.1 Å². The van der Waals surface area contributed by atoms with E-state index in [1.807, 2.05) is 31.2 Å². The van der Waals surface area contributed by atoms with Gasteiger partial charge < -0.3 is 29.3 Å².